The van der Waals surface area contributed by atoms with Crippen LogP contribution in [0.1, 0.15) is 16.7 Å². The molecule has 0 aromatic heterocycles. The SMILES string of the molecule is Cc1ccc(S(=O)(=O)N(CCc2ccccc2)CC(=O)N/N=C\c2ccc([N+](=O)[O-])cc2)cc1. The third kappa shape index (κ3) is 6.80. The Bertz CT molecular complexity index is 1260. The number of carbonyl (C=O) groups is 1. The zero-order valence-corrected chi connectivity index (χ0v) is 19.3. The Balaban J connectivity index is 1.71. The zero-order chi connectivity index (χ0) is 24.6. The minimum Gasteiger partial charge on any atom is -0.272 e. The van der Waals surface area contributed by atoms with Gasteiger partial charge in [0, 0.05) is 18.7 Å². The summed E-state index contributed by atoms with van der Waals surface area (Å²) in [6.45, 7) is 1.56. The van der Waals surface area contributed by atoms with E-state index in [0.29, 0.717) is 12.0 Å². The molecule has 0 radical (unpaired) electrons. The van der Waals surface area contributed by atoms with Gasteiger partial charge in [-0.2, -0.15) is 9.41 Å². The van der Waals surface area contributed by atoms with Crippen molar-refractivity contribution in [3.05, 3.63) is 106 Å². The van der Waals surface area contributed by atoms with Crippen molar-refractivity contribution >= 4 is 27.8 Å². The normalized spacial score (nSPS) is 11.6. The topological polar surface area (TPSA) is 122 Å². The van der Waals surface area contributed by atoms with Gasteiger partial charge in [0.05, 0.1) is 22.6 Å². The molecule has 3 aromatic carbocycles. The highest BCUT2D eigenvalue weighted by Crippen LogP contribution is 2.17. The summed E-state index contributed by atoms with van der Waals surface area (Å²) in [6, 6.07) is 21.5. The highest BCUT2D eigenvalue weighted by atomic mass is 32.2. The fourth-order valence-corrected chi connectivity index (χ4v) is 4.50. The predicted molar refractivity (Wildman–Crippen MR) is 129 cm³/mol. The van der Waals surface area contributed by atoms with Crippen molar-refractivity contribution < 1.29 is 18.1 Å². The number of nitro groups is 1. The van der Waals surface area contributed by atoms with E-state index in [2.05, 4.69) is 10.5 Å². The van der Waals surface area contributed by atoms with E-state index in [1.165, 1.54) is 42.6 Å². The highest BCUT2D eigenvalue weighted by molar-refractivity contribution is 7.89. The summed E-state index contributed by atoms with van der Waals surface area (Å²) >= 11 is 0. The standard InChI is InChI=1S/C24H24N4O5S/c1-19-7-13-23(14-8-19)34(32,33)27(16-15-20-5-3-2-4-6-20)18-24(29)26-25-17-21-9-11-22(12-10-21)28(30)31/h2-14,17H,15-16,18H2,1H3,(H,26,29)/b25-17-. The Morgan fingerprint density at radius 1 is 1.03 bits per heavy atom. The second kappa shape index (κ2) is 11.3. The average molecular weight is 481 g/mol. The summed E-state index contributed by atoms with van der Waals surface area (Å²) in [5.74, 6) is -0.609. The molecule has 10 heteroatoms. The molecular weight excluding hydrogens is 456 g/mol. The number of non-ortho nitro benzene ring substituents is 1. The fourth-order valence-electron chi connectivity index (χ4n) is 3.10. The van der Waals surface area contributed by atoms with E-state index in [-0.39, 0.29) is 17.1 Å². The number of nitrogens with zero attached hydrogens (tertiary/aromatic N) is 3. The molecule has 3 rings (SSSR count). The maximum Gasteiger partial charge on any atom is 0.269 e. The number of hydrogen-bond donors (Lipinski definition) is 1. The van der Waals surface area contributed by atoms with E-state index in [1.807, 2.05) is 37.3 Å². The van der Waals surface area contributed by atoms with Crippen LogP contribution in [0.4, 0.5) is 5.69 Å². The van der Waals surface area contributed by atoms with Crippen LogP contribution in [0.15, 0.2) is 88.9 Å². The lowest BCUT2D eigenvalue weighted by molar-refractivity contribution is -0.384. The monoisotopic (exact) mass is 480 g/mol. The minimum absolute atomic E-state index is 0.0587. The first-order valence-corrected chi connectivity index (χ1v) is 11.9. The van der Waals surface area contributed by atoms with Crippen LogP contribution in [0.2, 0.25) is 0 Å². The van der Waals surface area contributed by atoms with Gasteiger partial charge in [-0.15, -0.1) is 0 Å². The summed E-state index contributed by atoms with van der Waals surface area (Å²) in [6.07, 6.45) is 1.76. The molecule has 0 fully saturated rings. The molecule has 0 unspecified atom stereocenters. The molecule has 9 nitrogen and oxygen atoms in total. The molecule has 1 N–H and O–H groups in total. The van der Waals surface area contributed by atoms with Gasteiger partial charge >= 0.3 is 0 Å². The van der Waals surface area contributed by atoms with Gasteiger partial charge in [-0.3, -0.25) is 14.9 Å². The van der Waals surface area contributed by atoms with Crippen LogP contribution in [0, 0.1) is 17.0 Å². The first-order valence-electron chi connectivity index (χ1n) is 10.4. The van der Waals surface area contributed by atoms with Gasteiger partial charge in [-0.25, -0.2) is 13.8 Å². The van der Waals surface area contributed by atoms with Crippen LogP contribution >= 0.6 is 0 Å². The van der Waals surface area contributed by atoms with Crippen LogP contribution in [0.5, 0.6) is 0 Å². The summed E-state index contributed by atoms with van der Waals surface area (Å²) < 4.78 is 27.6. The molecule has 0 aliphatic rings. The Labute approximate surface area is 197 Å². The van der Waals surface area contributed by atoms with Crippen molar-refractivity contribution in [2.45, 2.75) is 18.2 Å². The zero-order valence-electron chi connectivity index (χ0n) is 18.5. The van der Waals surface area contributed by atoms with Crippen LogP contribution < -0.4 is 5.43 Å². The number of aryl methyl sites for hydroxylation is 1. The van der Waals surface area contributed by atoms with Crippen LogP contribution in [0.25, 0.3) is 0 Å². The average Bonchev–Trinajstić information content (AvgIpc) is 2.83. The molecule has 0 saturated carbocycles. The highest BCUT2D eigenvalue weighted by Gasteiger charge is 2.26. The van der Waals surface area contributed by atoms with Gasteiger partial charge in [0.15, 0.2) is 0 Å². The van der Waals surface area contributed by atoms with E-state index in [0.717, 1.165) is 15.4 Å². The number of amides is 1. The number of rotatable bonds is 10. The number of nitrogens with one attached hydrogen (secondary N) is 1. The van der Waals surface area contributed by atoms with E-state index in [4.69, 9.17) is 0 Å². The molecule has 0 aliphatic heterocycles. The summed E-state index contributed by atoms with van der Waals surface area (Å²) in [5.41, 5.74) is 4.67. The second-order valence-corrected chi connectivity index (χ2v) is 9.47. The number of nitro benzene ring substituents is 1. The molecule has 0 saturated heterocycles. The first kappa shape index (κ1) is 24.7. The Morgan fingerprint density at radius 2 is 1.68 bits per heavy atom. The van der Waals surface area contributed by atoms with Crippen LogP contribution in [-0.2, 0) is 21.2 Å². The van der Waals surface area contributed by atoms with Crippen molar-refractivity contribution in [1.82, 2.24) is 9.73 Å². The third-order valence-corrected chi connectivity index (χ3v) is 6.84. The smallest absolute Gasteiger partial charge is 0.269 e. The number of sulfonamides is 1. The largest absolute Gasteiger partial charge is 0.272 e. The Hall–Kier alpha value is -3.89. The van der Waals surface area contributed by atoms with Crippen molar-refractivity contribution in [3.63, 3.8) is 0 Å². The van der Waals surface area contributed by atoms with E-state index < -0.39 is 27.4 Å². The lowest BCUT2D eigenvalue weighted by Gasteiger charge is -2.21. The van der Waals surface area contributed by atoms with Gasteiger partial charge in [-0.1, -0.05) is 48.0 Å². The molecule has 0 heterocycles. The van der Waals surface area contributed by atoms with Crippen LogP contribution in [0.3, 0.4) is 0 Å². The molecule has 176 valence electrons. The predicted octanol–water partition coefficient (Wildman–Crippen LogP) is 3.29. The second-order valence-electron chi connectivity index (χ2n) is 7.53. The molecule has 0 aliphatic carbocycles. The van der Waals surface area contributed by atoms with Gasteiger partial charge in [-0.05, 0) is 48.7 Å². The van der Waals surface area contributed by atoms with Gasteiger partial charge < -0.3 is 0 Å². The number of hydrazone groups is 1. The Kier molecular flexibility index (Phi) is 8.23. The fraction of sp³-hybridized carbons (Fsp3) is 0.167. The molecule has 1 amide bonds. The van der Waals surface area contributed by atoms with Gasteiger partial charge in [0.2, 0.25) is 10.0 Å². The molecule has 34 heavy (non-hydrogen) atoms. The number of benzene rings is 3. The van der Waals surface area contributed by atoms with Crippen molar-refractivity contribution in [2.24, 2.45) is 5.10 Å². The van der Waals surface area contributed by atoms with Crippen LogP contribution in [-0.4, -0.2) is 42.9 Å². The molecule has 3 aromatic rings. The maximum atomic E-state index is 13.2. The van der Waals surface area contributed by atoms with E-state index >= 15 is 0 Å². The first-order chi connectivity index (χ1) is 16.3. The number of carbonyl (C=O) groups excluding carboxylic acids is 1. The van der Waals surface area contributed by atoms with Crippen molar-refractivity contribution in [2.75, 3.05) is 13.1 Å². The third-order valence-electron chi connectivity index (χ3n) is 4.98. The Morgan fingerprint density at radius 3 is 2.29 bits per heavy atom. The summed E-state index contributed by atoms with van der Waals surface area (Å²) in [5, 5.41) is 14.6. The van der Waals surface area contributed by atoms with E-state index in [9.17, 15) is 23.3 Å². The molecular formula is C24H24N4O5S. The number of hydrogen-bond acceptors (Lipinski definition) is 6. The lowest BCUT2D eigenvalue weighted by atomic mass is 10.1. The van der Waals surface area contributed by atoms with Crippen molar-refractivity contribution in [1.29, 1.82) is 0 Å². The summed E-state index contributed by atoms with van der Waals surface area (Å²) in [4.78, 5) is 22.8. The summed E-state index contributed by atoms with van der Waals surface area (Å²) in [7, 11) is -3.92. The van der Waals surface area contributed by atoms with Gasteiger partial charge in [0.25, 0.3) is 11.6 Å². The molecule has 0 atom stereocenters. The maximum absolute atomic E-state index is 13.2. The lowest BCUT2D eigenvalue weighted by Crippen LogP contribution is -2.40. The van der Waals surface area contributed by atoms with Crippen molar-refractivity contribution in [3.8, 4) is 0 Å². The molecule has 0 bridgehead atoms. The quantitative estimate of drug-likeness (QED) is 0.271. The minimum atomic E-state index is -3.92. The van der Waals surface area contributed by atoms with Gasteiger partial charge in [0.1, 0.15) is 0 Å². The van der Waals surface area contributed by atoms with E-state index in [1.54, 1.807) is 12.1 Å². The molecule has 0 spiro atoms.